The molecule has 2 N–H and O–H groups in total. The number of ether oxygens (including phenoxy) is 1. The molecule has 1 heterocycles. The second-order valence-electron chi connectivity index (χ2n) is 4.98. The number of aliphatic imine (C=N–C) groups is 1. The number of carbonyl (C=O) groups excluding carboxylic acids is 1. The number of hydrogen-bond donors (Lipinski definition) is 2. The van der Waals surface area contributed by atoms with Gasteiger partial charge in [0, 0.05) is 17.2 Å². The highest BCUT2D eigenvalue weighted by molar-refractivity contribution is 6.19. The van der Waals surface area contributed by atoms with Gasteiger partial charge in [-0.25, -0.2) is 0 Å². The number of fused-ring (bicyclic) bond motifs is 1. The molecule has 0 fully saturated rings. The van der Waals surface area contributed by atoms with Crippen LogP contribution in [0, 0.1) is 11.3 Å². The van der Waals surface area contributed by atoms with Crippen LogP contribution in [0.4, 0.5) is 5.69 Å². The van der Waals surface area contributed by atoms with Crippen molar-refractivity contribution in [3.63, 3.8) is 0 Å². The number of methoxy groups -OCH3 is 1. The van der Waals surface area contributed by atoms with E-state index in [9.17, 15) is 9.90 Å². The zero-order valence-corrected chi connectivity index (χ0v) is 12.3. The number of hydrogen-bond acceptors (Lipinski definition) is 5. The van der Waals surface area contributed by atoms with Gasteiger partial charge in [-0.1, -0.05) is 12.1 Å². The molecule has 6 nitrogen and oxygen atoms in total. The van der Waals surface area contributed by atoms with E-state index in [4.69, 9.17) is 10.00 Å². The third-order valence-electron chi connectivity index (χ3n) is 3.49. The molecule has 1 aliphatic heterocycles. The monoisotopic (exact) mass is 307 g/mol. The molecule has 0 spiro atoms. The fourth-order valence-corrected chi connectivity index (χ4v) is 2.44. The van der Waals surface area contributed by atoms with Crippen LogP contribution >= 0.6 is 0 Å². The first kappa shape index (κ1) is 14.6. The lowest BCUT2D eigenvalue weighted by molar-refractivity contribution is -0.114. The predicted octanol–water partition coefficient (Wildman–Crippen LogP) is 2.06. The SMILES string of the molecule is COc1cc2c(cc1O)C(c1cccc(C#N)c1)=NCC(=O)N2. The van der Waals surface area contributed by atoms with Crippen molar-refractivity contribution in [1.82, 2.24) is 0 Å². The summed E-state index contributed by atoms with van der Waals surface area (Å²) in [5.41, 5.74) is 2.81. The van der Waals surface area contributed by atoms with Crippen LogP contribution in [0.25, 0.3) is 0 Å². The number of nitriles is 1. The summed E-state index contributed by atoms with van der Waals surface area (Å²) in [5, 5.41) is 21.8. The zero-order valence-electron chi connectivity index (χ0n) is 12.3. The topological polar surface area (TPSA) is 94.7 Å². The van der Waals surface area contributed by atoms with E-state index < -0.39 is 0 Å². The summed E-state index contributed by atoms with van der Waals surface area (Å²) in [5.74, 6) is -0.0481. The largest absolute Gasteiger partial charge is 0.504 e. The van der Waals surface area contributed by atoms with E-state index in [0.29, 0.717) is 28.1 Å². The minimum atomic E-state index is -0.259. The zero-order chi connectivity index (χ0) is 16.4. The predicted molar refractivity (Wildman–Crippen MR) is 85.0 cm³/mol. The highest BCUT2D eigenvalue weighted by atomic mass is 16.5. The molecular weight excluding hydrogens is 294 g/mol. The number of carbonyl (C=O) groups is 1. The van der Waals surface area contributed by atoms with E-state index in [2.05, 4.69) is 16.4 Å². The number of rotatable bonds is 2. The van der Waals surface area contributed by atoms with Crippen molar-refractivity contribution in [1.29, 1.82) is 5.26 Å². The normalized spacial score (nSPS) is 13.2. The molecule has 1 amide bonds. The number of nitrogens with zero attached hydrogens (tertiary/aromatic N) is 2. The van der Waals surface area contributed by atoms with Crippen molar-refractivity contribution >= 4 is 17.3 Å². The van der Waals surface area contributed by atoms with Crippen LogP contribution in [0.1, 0.15) is 16.7 Å². The number of aromatic hydroxyl groups is 1. The number of phenols is 1. The maximum Gasteiger partial charge on any atom is 0.246 e. The lowest BCUT2D eigenvalue weighted by Crippen LogP contribution is -2.13. The molecular formula is C17H13N3O3. The van der Waals surface area contributed by atoms with Crippen molar-refractivity contribution in [3.8, 4) is 17.6 Å². The van der Waals surface area contributed by atoms with E-state index in [1.54, 1.807) is 30.3 Å². The van der Waals surface area contributed by atoms with Crippen LogP contribution in [0.15, 0.2) is 41.4 Å². The van der Waals surface area contributed by atoms with Gasteiger partial charge < -0.3 is 15.2 Å². The van der Waals surface area contributed by atoms with Crippen LogP contribution < -0.4 is 10.1 Å². The minimum Gasteiger partial charge on any atom is -0.504 e. The minimum absolute atomic E-state index is 0.0378. The first-order chi connectivity index (χ1) is 11.1. The average molecular weight is 307 g/mol. The smallest absolute Gasteiger partial charge is 0.246 e. The summed E-state index contributed by atoms with van der Waals surface area (Å²) in [4.78, 5) is 16.2. The third-order valence-corrected chi connectivity index (χ3v) is 3.49. The summed E-state index contributed by atoms with van der Waals surface area (Å²) in [6, 6.07) is 12.1. The third kappa shape index (κ3) is 2.72. The fraction of sp³-hybridized carbons (Fsp3) is 0.118. The summed E-state index contributed by atoms with van der Waals surface area (Å²) in [7, 11) is 1.44. The Morgan fingerprint density at radius 3 is 2.91 bits per heavy atom. The van der Waals surface area contributed by atoms with Gasteiger partial charge in [-0.15, -0.1) is 0 Å². The van der Waals surface area contributed by atoms with E-state index in [0.717, 1.165) is 0 Å². The Balaban J connectivity index is 2.20. The highest BCUT2D eigenvalue weighted by Crippen LogP contribution is 2.34. The van der Waals surface area contributed by atoms with Crippen molar-refractivity contribution < 1.29 is 14.6 Å². The molecule has 6 heteroatoms. The maximum absolute atomic E-state index is 11.9. The summed E-state index contributed by atoms with van der Waals surface area (Å²) >= 11 is 0. The Morgan fingerprint density at radius 1 is 1.35 bits per heavy atom. The second-order valence-corrected chi connectivity index (χ2v) is 4.98. The average Bonchev–Trinajstić information content (AvgIpc) is 2.72. The van der Waals surface area contributed by atoms with E-state index in [-0.39, 0.29) is 24.0 Å². The number of benzene rings is 2. The number of phenolic OH excluding ortho intramolecular Hbond substituents is 1. The fourth-order valence-electron chi connectivity index (χ4n) is 2.44. The Kier molecular flexibility index (Phi) is 3.69. The van der Waals surface area contributed by atoms with E-state index >= 15 is 0 Å². The quantitative estimate of drug-likeness (QED) is 0.830. The first-order valence-corrected chi connectivity index (χ1v) is 6.88. The van der Waals surface area contributed by atoms with Gasteiger partial charge in [-0.05, 0) is 18.2 Å². The molecule has 23 heavy (non-hydrogen) atoms. The summed E-state index contributed by atoms with van der Waals surface area (Å²) < 4.78 is 5.08. The van der Waals surface area contributed by atoms with Gasteiger partial charge >= 0.3 is 0 Å². The molecule has 2 aromatic rings. The van der Waals surface area contributed by atoms with Crippen molar-refractivity contribution in [2.24, 2.45) is 4.99 Å². The molecule has 2 aromatic carbocycles. The highest BCUT2D eigenvalue weighted by Gasteiger charge is 2.21. The van der Waals surface area contributed by atoms with E-state index in [1.807, 2.05) is 0 Å². The lowest BCUT2D eigenvalue weighted by atomic mass is 9.98. The summed E-state index contributed by atoms with van der Waals surface area (Å²) in [6.45, 7) is -0.0378. The van der Waals surface area contributed by atoms with Crippen LogP contribution in [-0.2, 0) is 4.79 Å². The van der Waals surface area contributed by atoms with Crippen LogP contribution in [0.3, 0.4) is 0 Å². The molecule has 114 valence electrons. The maximum atomic E-state index is 11.9. The molecule has 0 atom stereocenters. The van der Waals surface area contributed by atoms with Crippen molar-refractivity contribution in [3.05, 3.63) is 53.1 Å². The standard InChI is InChI=1S/C17H13N3O3/c1-23-15-7-13-12(6-14(15)21)17(19-9-16(22)20-13)11-4-2-3-10(5-11)8-18/h2-7,21H,9H2,1H3,(H,20,22). The van der Waals surface area contributed by atoms with Gasteiger partial charge in [0.25, 0.3) is 0 Å². The van der Waals surface area contributed by atoms with E-state index in [1.165, 1.54) is 13.2 Å². The van der Waals surface area contributed by atoms with Gasteiger partial charge in [-0.2, -0.15) is 5.26 Å². The molecule has 0 aliphatic carbocycles. The van der Waals surface area contributed by atoms with Gasteiger partial charge in [0.1, 0.15) is 6.54 Å². The molecule has 0 unspecified atom stereocenters. The Bertz CT molecular complexity index is 866. The lowest BCUT2D eigenvalue weighted by Gasteiger charge is -2.13. The molecule has 0 saturated heterocycles. The number of benzodiazepines with no additional fused rings is 1. The Labute approximate surface area is 132 Å². The van der Waals surface area contributed by atoms with Gasteiger partial charge in [0.05, 0.1) is 30.1 Å². The van der Waals surface area contributed by atoms with Crippen LogP contribution in [0.2, 0.25) is 0 Å². The Morgan fingerprint density at radius 2 is 2.17 bits per heavy atom. The number of anilines is 1. The molecule has 1 aliphatic rings. The van der Waals surface area contributed by atoms with Crippen LogP contribution in [-0.4, -0.2) is 30.4 Å². The first-order valence-electron chi connectivity index (χ1n) is 6.88. The molecule has 0 radical (unpaired) electrons. The molecule has 0 saturated carbocycles. The number of nitrogens with one attached hydrogen (secondary N) is 1. The van der Waals surface area contributed by atoms with Gasteiger partial charge in [-0.3, -0.25) is 9.79 Å². The van der Waals surface area contributed by atoms with Gasteiger partial charge in [0.2, 0.25) is 5.91 Å². The van der Waals surface area contributed by atoms with Gasteiger partial charge in [0.15, 0.2) is 11.5 Å². The number of amides is 1. The molecule has 0 bridgehead atoms. The van der Waals surface area contributed by atoms with Crippen molar-refractivity contribution in [2.75, 3.05) is 19.0 Å². The summed E-state index contributed by atoms with van der Waals surface area (Å²) in [6.07, 6.45) is 0. The Hall–Kier alpha value is -3.33. The molecule has 0 aromatic heterocycles. The van der Waals surface area contributed by atoms with Crippen molar-refractivity contribution in [2.45, 2.75) is 0 Å². The second kappa shape index (κ2) is 5.81. The van der Waals surface area contributed by atoms with Crippen LogP contribution in [0.5, 0.6) is 11.5 Å². The molecule has 3 rings (SSSR count).